The molecule has 0 radical (unpaired) electrons. The van der Waals surface area contributed by atoms with Crippen molar-refractivity contribution in [3.05, 3.63) is 48.3 Å². The standard InChI is InChI=1S/C15H17N3O2/c19-15(16-11-14-3-1-10-20-14)12-4-6-13(7-5-12)18-9-2-8-17-18/h2,4-9,14H,1,3,10-11H2,(H,16,19)/t14-/m1/s1. The molecule has 0 aliphatic carbocycles. The molecule has 1 saturated heterocycles. The molecule has 0 saturated carbocycles. The smallest absolute Gasteiger partial charge is 0.251 e. The summed E-state index contributed by atoms with van der Waals surface area (Å²) < 4.78 is 7.24. The highest BCUT2D eigenvalue weighted by atomic mass is 16.5. The molecule has 3 rings (SSSR count). The largest absolute Gasteiger partial charge is 0.376 e. The van der Waals surface area contributed by atoms with Crippen LogP contribution in [0.4, 0.5) is 0 Å². The van der Waals surface area contributed by atoms with Crippen LogP contribution in [0.15, 0.2) is 42.7 Å². The Morgan fingerprint density at radius 2 is 2.25 bits per heavy atom. The second-order valence-electron chi connectivity index (χ2n) is 4.84. The zero-order chi connectivity index (χ0) is 13.8. The molecule has 1 aromatic heterocycles. The highest BCUT2D eigenvalue weighted by molar-refractivity contribution is 5.94. The van der Waals surface area contributed by atoms with Gasteiger partial charge in [0.05, 0.1) is 11.8 Å². The Balaban J connectivity index is 1.60. The number of hydrogen-bond acceptors (Lipinski definition) is 3. The number of amides is 1. The molecular weight excluding hydrogens is 254 g/mol. The van der Waals surface area contributed by atoms with Crippen molar-refractivity contribution < 1.29 is 9.53 Å². The normalized spacial score (nSPS) is 18.1. The molecule has 1 aliphatic heterocycles. The minimum atomic E-state index is -0.0625. The summed E-state index contributed by atoms with van der Waals surface area (Å²) in [7, 11) is 0. The number of rotatable bonds is 4. The zero-order valence-electron chi connectivity index (χ0n) is 11.2. The summed E-state index contributed by atoms with van der Waals surface area (Å²) in [6.07, 6.45) is 5.87. The average molecular weight is 271 g/mol. The monoisotopic (exact) mass is 271 g/mol. The van der Waals surface area contributed by atoms with Gasteiger partial charge >= 0.3 is 0 Å². The highest BCUT2D eigenvalue weighted by Crippen LogP contribution is 2.12. The molecule has 1 N–H and O–H groups in total. The van der Waals surface area contributed by atoms with Crippen molar-refractivity contribution in [3.63, 3.8) is 0 Å². The van der Waals surface area contributed by atoms with E-state index in [9.17, 15) is 4.79 Å². The lowest BCUT2D eigenvalue weighted by atomic mass is 10.2. The molecule has 1 aliphatic rings. The lowest BCUT2D eigenvalue weighted by Crippen LogP contribution is -2.31. The molecule has 1 atom stereocenters. The Bertz CT molecular complexity index is 557. The second-order valence-corrected chi connectivity index (χ2v) is 4.84. The van der Waals surface area contributed by atoms with Crippen LogP contribution in [-0.4, -0.2) is 34.9 Å². The van der Waals surface area contributed by atoms with Gasteiger partial charge in [0.25, 0.3) is 5.91 Å². The van der Waals surface area contributed by atoms with E-state index < -0.39 is 0 Å². The number of aromatic nitrogens is 2. The Morgan fingerprint density at radius 1 is 1.40 bits per heavy atom. The van der Waals surface area contributed by atoms with Crippen molar-refractivity contribution >= 4 is 5.91 Å². The highest BCUT2D eigenvalue weighted by Gasteiger charge is 2.16. The van der Waals surface area contributed by atoms with E-state index in [1.165, 1.54) is 0 Å². The molecule has 2 heterocycles. The minimum absolute atomic E-state index is 0.0625. The Labute approximate surface area is 117 Å². The van der Waals surface area contributed by atoms with Crippen molar-refractivity contribution in [1.82, 2.24) is 15.1 Å². The van der Waals surface area contributed by atoms with E-state index in [0.717, 1.165) is 25.1 Å². The van der Waals surface area contributed by atoms with Gasteiger partial charge in [-0.3, -0.25) is 4.79 Å². The summed E-state index contributed by atoms with van der Waals surface area (Å²) in [5, 5.41) is 7.06. The lowest BCUT2D eigenvalue weighted by molar-refractivity contribution is 0.0858. The van der Waals surface area contributed by atoms with Gasteiger partial charge in [0.2, 0.25) is 0 Å². The Morgan fingerprint density at radius 3 is 2.90 bits per heavy atom. The summed E-state index contributed by atoms with van der Waals surface area (Å²) in [5.41, 5.74) is 1.59. The molecular formula is C15H17N3O2. The first kappa shape index (κ1) is 12.9. The first-order valence-corrected chi connectivity index (χ1v) is 6.83. The fourth-order valence-electron chi connectivity index (χ4n) is 2.30. The summed E-state index contributed by atoms with van der Waals surface area (Å²) in [6.45, 7) is 1.39. The molecule has 20 heavy (non-hydrogen) atoms. The van der Waals surface area contributed by atoms with E-state index in [-0.39, 0.29) is 12.0 Å². The van der Waals surface area contributed by atoms with Crippen LogP contribution in [0, 0.1) is 0 Å². The SMILES string of the molecule is O=C(NC[C@H]1CCCO1)c1ccc(-n2cccn2)cc1. The summed E-state index contributed by atoms with van der Waals surface area (Å²) >= 11 is 0. The predicted molar refractivity (Wildman–Crippen MR) is 74.9 cm³/mol. The third-order valence-corrected chi connectivity index (χ3v) is 3.41. The number of carbonyl (C=O) groups is 1. The van der Waals surface area contributed by atoms with Gasteiger partial charge in [-0.05, 0) is 43.2 Å². The number of nitrogens with one attached hydrogen (secondary N) is 1. The fourth-order valence-corrected chi connectivity index (χ4v) is 2.30. The molecule has 5 nitrogen and oxygen atoms in total. The predicted octanol–water partition coefficient (Wildman–Crippen LogP) is 1.78. The number of carbonyl (C=O) groups excluding carboxylic acids is 1. The van der Waals surface area contributed by atoms with Gasteiger partial charge in [0.1, 0.15) is 0 Å². The number of benzene rings is 1. The van der Waals surface area contributed by atoms with Gasteiger partial charge in [-0.15, -0.1) is 0 Å². The second kappa shape index (κ2) is 5.88. The number of ether oxygens (including phenoxy) is 1. The van der Waals surface area contributed by atoms with Crippen molar-refractivity contribution in [2.45, 2.75) is 18.9 Å². The third-order valence-electron chi connectivity index (χ3n) is 3.41. The molecule has 0 bridgehead atoms. The molecule has 1 aromatic carbocycles. The van der Waals surface area contributed by atoms with E-state index in [0.29, 0.717) is 12.1 Å². The molecule has 0 unspecified atom stereocenters. The molecule has 2 aromatic rings. The van der Waals surface area contributed by atoms with Crippen molar-refractivity contribution in [1.29, 1.82) is 0 Å². The average Bonchev–Trinajstić information content (AvgIpc) is 3.18. The quantitative estimate of drug-likeness (QED) is 0.922. The van der Waals surface area contributed by atoms with Crippen LogP contribution >= 0.6 is 0 Å². The Kier molecular flexibility index (Phi) is 3.78. The molecule has 1 fully saturated rings. The van der Waals surface area contributed by atoms with Crippen LogP contribution in [-0.2, 0) is 4.74 Å². The van der Waals surface area contributed by atoms with E-state index in [4.69, 9.17) is 4.74 Å². The maximum atomic E-state index is 12.0. The van der Waals surface area contributed by atoms with Crippen molar-refractivity contribution in [2.75, 3.05) is 13.2 Å². The van der Waals surface area contributed by atoms with Crippen LogP contribution in [0.25, 0.3) is 5.69 Å². The lowest BCUT2D eigenvalue weighted by Gasteiger charge is -2.11. The molecule has 5 heteroatoms. The topological polar surface area (TPSA) is 56.1 Å². The molecule has 104 valence electrons. The molecule has 0 spiro atoms. The zero-order valence-corrected chi connectivity index (χ0v) is 11.2. The van der Waals surface area contributed by atoms with Gasteiger partial charge in [0.15, 0.2) is 0 Å². The van der Waals surface area contributed by atoms with Gasteiger partial charge < -0.3 is 10.1 Å². The van der Waals surface area contributed by atoms with Gasteiger partial charge in [0, 0.05) is 31.1 Å². The van der Waals surface area contributed by atoms with Crippen LogP contribution in [0.3, 0.4) is 0 Å². The van der Waals surface area contributed by atoms with Gasteiger partial charge in [-0.25, -0.2) is 4.68 Å². The maximum absolute atomic E-state index is 12.0. The third kappa shape index (κ3) is 2.88. The maximum Gasteiger partial charge on any atom is 0.251 e. The van der Waals surface area contributed by atoms with E-state index in [1.807, 2.05) is 36.5 Å². The molecule has 1 amide bonds. The first-order chi connectivity index (χ1) is 9.83. The van der Waals surface area contributed by atoms with Crippen LogP contribution < -0.4 is 5.32 Å². The van der Waals surface area contributed by atoms with Crippen LogP contribution in [0.5, 0.6) is 0 Å². The van der Waals surface area contributed by atoms with E-state index in [2.05, 4.69) is 10.4 Å². The number of hydrogen-bond donors (Lipinski definition) is 1. The van der Waals surface area contributed by atoms with Crippen LogP contribution in [0.2, 0.25) is 0 Å². The van der Waals surface area contributed by atoms with Crippen molar-refractivity contribution in [3.8, 4) is 5.69 Å². The van der Waals surface area contributed by atoms with Crippen LogP contribution in [0.1, 0.15) is 23.2 Å². The van der Waals surface area contributed by atoms with E-state index >= 15 is 0 Å². The summed E-state index contributed by atoms with van der Waals surface area (Å²) in [4.78, 5) is 12.0. The first-order valence-electron chi connectivity index (χ1n) is 6.83. The summed E-state index contributed by atoms with van der Waals surface area (Å²) in [5.74, 6) is -0.0625. The van der Waals surface area contributed by atoms with E-state index in [1.54, 1.807) is 10.9 Å². The fraction of sp³-hybridized carbons (Fsp3) is 0.333. The van der Waals surface area contributed by atoms with Gasteiger partial charge in [-0.2, -0.15) is 5.10 Å². The van der Waals surface area contributed by atoms with Crippen molar-refractivity contribution in [2.24, 2.45) is 0 Å². The number of nitrogens with zero attached hydrogens (tertiary/aromatic N) is 2. The minimum Gasteiger partial charge on any atom is -0.376 e. The summed E-state index contributed by atoms with van der Waals surface area (Å²) in [6, 6.07) is 9.24. The van der Waals surface area contributed by atoms with Gasteiger partial charge in [-0.1, -0.05) is 0 Å². The Hall–Kier alpha value is -2.14.